The van der Waals surface area contributed by atoms with Crippen molar-refractivity contribution in [3.63, 3.8) is 0 Å². The number of aromatic amines is 1. The molecule has 0 saturated carbocycles. The zero-order valence-electron chi connectivity index (χ0n) is 10.5. The Labute approximate surface area is 109 Å². The van der Waals surface area contributed by atoms with Gasteiger partial charge in [0.15, 0.2) is 0 Å². The fraction of sp³-hybridized carbons (Fsp3) is 0.143. The number of hydrogen-bond donors (Lipinski definition) is 1. The first-order chi connectivity index (χ1) is 9.28. The molecule has 19 heavy (non-hydrogen) atoms. The van der Waals surface area contributed by atoms with E-state index < -0.39 is 0 Å². The van der Waals surface area contributed by atoms with Crippen LogP contribution >= 0.6 is 0 Å². The molecule has 0 saturated heterocycles. The molecule has 1 aromatic carbocycles. The topological polar surface area (TPSA) is 59.9 Å². The van der Waals surface area contributed by atoms with Gasteiger partial charge in [0.2, 0.25) is 0 Å². The summed E-state index contributed by atoms with van der Waals surface area (Å²) in [6.45, 7) is 0.713. The summed E-state index contributed by atoms with van der Waals surface area (Å²) in [5, 5.41) is 1.02. The summed E-state index contributed by atoms with van der Waals surface area (Å²) in [7, 11) is 1.38. The molecule has 3 aromatic rings. The van der Waals surface area contributed by atoms with Crippen LogP contribution < -0.4 is 0 Å². The number of esters is 1. The van der Waals surface area contributed by atoms with E-state index in [4.69, 9.17) is 4.74 Å². The summed E-state index contributed by atoms with van der Waals surface area (Å²) < 4.78 is 6.72. The molecule has 0 atom stereocenters. The van der Waals surface area contributed by atoms with Crippen LogP contribution in [0.3, 0.4) is 0 Å². The number of nitrogens with one attached hydrogen (secondary N) is 1. The van der Waals surface area contributed by atoms with Crippen molar-refractivity contribution < 1.29 is 9.53 Å². The molecule has 3 rings (SSSR count). The van der Waals surface area contributed by atoms with Gasteiger partial charge < -0.3 is 14.3 Å². The number of ether oxygens (including phenoxy) is 1. The van der Waals surface area contributed by atoms with Crippen molar-refractivity contribution in [1.29, 1.82) is 0 Å². The zero-order chi connectivity index (χ0) is 13.2. The molecule has 0 bridgehead atoms. The van der Waals surface area contributed by atoms with Gasteiger partial charge in [0.25, 0.3) is 0 Å². The number of H-pyrrole nitrogens is 1. The average molecular weight is 255 g/mol. The smallest absolute Gasteiger partial charge is 0.337 e. The molecule has 0 aliphatic heterocycles. The van der Waals surface area contributed by atoms with Gasteiger partial charge in [-0.25, -0.2) is 9.78 Å². The van der Waals surface area contributed by atoms with E-state index in [9.17, 15) is 4.79 Å². The third kappa shape index (κ3) is 2.10. The number of carbonyl (C=O) groups excluding carboxylic acids is 1. The lowest BCUT2D eigenvalue weighted by Crippen LogP contribution is -2.01. The van der Waals surface area contributed by atoms with Gasteiger partial charge in [-0.15, -0.1) is 0 Å². The predicted molar refractivity (Wildman–Crippen MR) is 71.0 cm³/mol. The van der Waals surface area contributed by atoms with Crippen molar-refractivity contribution in [1.82, 2.24) is 14.5 Å². The van der Waals surface area contributed by atoms with Crippen LogP contribution in [-0.2, 0) is 11.3 Å². The van der Waals surface area contributed by atoms with Crippen molar-refractivity contribution >= 4 is 16.9 Å². The Kier molecular flexibility index (Phi) is 2.79. The number of benzene rings is 1. The summed E-state index contributed by atoms with van der Waals surface area (Å²) in [4.78, 5) is 18.8. The largest absolute Gasteiger partial charge is 0.465 e. The Morgan fingerprint density at radius 2 is 2.37 bits per heavy atom. The quantitative estimate of drug-likeness (QED) is 0.730. The van der Waals surface area contributed by atoms with Crippen molar-refractivity contribution in [3.8, 4) is 0 Å². The van der Waals surface area contributed by atoms with Gasteiger partial charge in [-0.1, -0.05) is 0 Å². The Morgan fingerprint density at radius 3 is 3.11 bits per heavy atom. The minimum Gasteiger partial charge on any atom is -0.465 e. The Morgan fingerprint density at radius 1 is 1.47 bits per heavy atom. The Balaban J connectivity index is 2.03. The van der Waals surface area contributed by atoms with Crippen molar-refractivity contribution in [2.24, 2.45) is 0 Å². The van der Waals surface area contributed by atoms with Gasteiger partial charge in [0.05, 0.1) is 25.5 Å². The second-order valence-corrected chi connectivity index (χ2v) is 4.30. The number of nitrogens with zero attached hydrogens (tertiary/aromatic N) is 2. The molecule has 0 spiro atoms. The van der Waals surface area contributed by atoms with Gasteiger partial charge in [0, 0.05) is 29.5 Å². The third-order valence-corrected chi connectivity index (χ3v) is 3.10. The highest BCUT2D eigenvalue weighted by Gasteiger charge is 2.09. The number of methoxy groups -OCH3 is 1. The van der Waals surface area contributed by atoms with Crippen molar-refractivity contribution in [3.05, 3.63) is 54.2 Å². The van der Waals surface area contributed by atoms with Crippen LogP contribution in [0.15, 0.2) is 43.1 Å². The van der Waals surface area contributed by atoms with Crippen LogP contribution in [0.4, 0.5) is 0 Å². The first kappa shape index (κ1) is 11.5. The molecule has 2 heterocycles. The van der Waals surface area contributed by atoms with Gasteiger partial charge >= 0.3 is 5.97 Å². The molecule has 5 heteroatoms. The lowest BCUT2D eigenvalue weighted by atomic mass is 10.1. The standard InChI is InChI=1S/C14H13N3O2/c1-19-14(18)10-2-3-13-12(6-10)11(7-16-13)8-17-5-4-15-9-17/h2-7,9,16H,8H2,1H3. The van der Waals surface area contributed by atoms with Crippen LogP contribution in [0.25, 0.3) is 10.9 Å². The molecule has 0 radical (unpaired) electrons. The van der Waals surface area contributed by atoms with E-state index in [2.05, 4.69) is 9.97 Å². The lowest BCUT2D eigenvalue weighted by Gasteiger charge is -2.02. The first-order valence-corrected chi connectivity index (χ1v) is 5.92. The fourth-order valence-corrected chi connectivity index (χ4v) is 2.13. The number of imidazole rings is 1. The van der Waals surface area contributed by atoms with E-state index in [0.29, 0.717) is 12.1 Å². The highest BCUT2D eigenvalue weighted by Crippen LogP contribution is 2.21. The molecule has 0 fully saturated rings. The average Bonchev–Trinajstić information content (AvgIpc) is 3.08. The van der Waals surface area contributed by atoms with E-state index in [1.54, 1.807) is 18.6 Å². The van der Waals surface area contributed by atoms with E-state index in [1.165, 1.54) is 7.11 Å². The molecule has 0 unspecified atom stereocenters. The van der Waals surface area contributed by atoms with Gasteiger partial charge in [-0.3, -0.25) is 0 Å². The summed E-state index contributed by atoms with van der Waals surface area (Å²) in [5.74, 6) is -0.323. The first-order valence-electron chi connectivity index (χ1n) is 5.92. The molecule has 96 valence electrons. The fourth-order valence-electron chi connectivity index (χ4n) is 2.13. The molecule has 0 aliphatic rings. The zero-order valence-corrected chi connectivity index (χ0v) is 10.5. The second-order valence-electron chi connectivity index (χ2n) is 4.30. The number of fused-ring (bicyclic) bond motifs is 1. The third-order valence-electron chi connectivity index (χ3n) is 3.10. The SMILES string of the molecule is COC(=O)c1ccc2[nH]cc(Cn3ccnc3)c2c1. The molecule has 5 nitrogen and oxygen atoms in total. The Hall–Kier alpha value is -2.56. The van der Waals surface area contributed by atoms with Crippen molar-refractivity contribution in [2.45, 2.75) is 6.54 Å². The molecular weight excluding hydrogens is 242 g/mol. The normalized spacial score (nSPS) is 10.8. The highest BCUT2D eigenvalue weighted by atomic mass is 16.5. The minimum absolute atomic E-state index is 0.323. The summed E-state index contributed by atoms with van der Waals surface area (Å²) in [6, 6.07) is 5.49. The number of aromatic nitrogens is 3. The number of rotatable bonds is 3. The molecule has 2 aromatic heterocycles. The monoisotopic (exact) mass is 255 g/mol. The minimum atomic E-state index is -0.323. The maximum absolute atomic E-state index is 11.6. The maximum atomic E-state index is 11.6. The van der Waals surface area contributed by atoms with Gasteiger partial charge in [-0.05, 0) is 23.8 Å². The van der Waals surface area contributed by atoms with E-state index in [-0.39, 0.29) is 5.97 Å². The van der Waals surface area contributed by atoms with Crippen molar-refractivity contribution in [2.75, 3.05) is 7.11 Å². The second kappa shape index (κ2) is 4.61. The van der Waals surface area contributed by atoms with Crippen LogP contribution in [0.1, 0.15) is 15.9 Å². The van der Waals surface area contributed by atoms with Crippen LogP contribution in [0.5, 0.6) is 0 Å². The van der Waals surface area contributed by atoms with Crippen LogP contribution in [-0.4, -0.2) is 27.6 Å². The predicted octanol–water partition coefficient (Wildman–Crippen LogP) is 2.20. The summed E-state index contributed by atoms with van der Waals surface area (Å²) in [6.07, 6.45) is 7.37. The van der Waals surface area contributed by atoms with Crippen LogP contribution in [0.2, 0.25) is 0 Å². The van der Waals surface area contributed by atoms with E-state index in [1.807, 2.05) is 29.1 Å². The lowest BCUT2D eigenvalue weighted by molar-refractivity contribution is 0.0601. The molecular formula is C14H13N3O2. The number of hydrogen-bond acceptors (Lipinski definition) is 3. The van der Waals surface area contributed by atoms with E-state index in [0.717, 1.165) is 16.5 Å². The highest BCUT2D eigenvalue weighted by molar-refractivity contribution is 5.95. The summed E-state index contributed by atoms with van der Waals surface area (Å²) >= 11 is 0. The maximum Gasteiger partial charge on any atom is 0.337 e. The molecule has 1 N–H and O–H groups in total. The van der Waals surface area contributed by atoms with Gasteiger partial charge in [-0.2, -0.15) is 0 Å². The number of carbonyl (C=O) groups is 1. The molecule has 0 aliphatic carbocycles. The van der Waals surface area contributed by atoms with E-state index >= 15 is 0 Å². The van der Waals surface area contributed by atoms with Gasteiger partial charge in [0.1, 0.15) is 0 Å². The Bertz CT molecular complexity index is 713. The van der Waals surface area contributed by atoms with Crippen LogP contribution in [0, 0.1) is 0 Å². The summed E-state index contributed by atoms with van der Waals surface area (Å²) in [5.41, 5.74) is 2.67. The molecule has 0 amide bonds.